The van der Waals surface area contributed by atoms with E-state index in [2.05, 4.69) is 4.84 Å². The average Bonchev–Trinajstić information content (AvgIpc) is 2.64. The highest BCUT2D eigenvalue weighted by Crippen LogP contribution is 2.29. The van der Waals surface area contributed by atoms with E-state index in [1.165, 1.54) is 32.0 Å². The largest absolute Gasteiger partial charge is 0.463 e. The van der Waals surface area contributed by atoms with Gasteiger partial charge in [0, 0.05) is 27.2 Å². The summed E-state index contributed by atoms with van der Waals surface area (Å²) < 4.78 is 20.1. The molecule has 0 saturated heterocycles. The fraction of sp³-hybridized carbons (Fsp3) is 0.474. The summed E-state index contributed by atoms with van der Waals surface area (Å²) in [5, 5.41) is 9.14. The highest BCUT2D eigenvalue weighted by molar-refractivity contribution is 5.79. The Morgan fingerprint density at radius 3 is 2.13 bits per heavy atom. The number of nitrogens with zero attached hydrogens (tertiary/aromatic N) is 1. The minimum Gasteiger partial charge on any atom is -0.463 e. The number of carbonyl (C=O) groups excluding carboxylic acids is 4. The predicted molar refractivity (Wildman–Crippen MR) is 101 cm³/mol. The van der Waals surface area contributed by atoms with Crippen molar-refractivity contribution in [1.82, 2.24) is 0 Å². The van der Waals surface area contributed by atoms with Gasteiger partial charge in [-0.25, -0.2) is 4.79 Å². The average molecular weight is 441 g/mol. The maximum absolute atomic E-state index is 12.3. The molecule has 12 nitrogen and oxygen atoms in total. The van der Waals surface area contributed by atoms with Gasteiger partial charge in [-0.15, -0.1) is 10.1 Å². The van der Waals surface area contributed by atoms with E-state index < -0.39 is 35.1 Å². The summed E-state index contributed by atoms with van der Waals surface area (Å²) in [6.07, 6.45) is -0.787. The summed E-state index contributed by atoms with van der Waals surface area (Å²) in [4.78, 5) is 60.4. The van der Waals surface area contributed by atoms with E-state index in [0.717, 1.165) is 6.92 Å². The lowest BCUT2D eigenvalue weighted by molar-refractivity contribution is -0.757. The van der Waals surface area contributed by atoms with Crippen molar-refractivity contribution in [3.05, 3.63) is 33.9 Å². The summed E-state index contributed by atoms with van der Waals surface area (Å²) in [5.74, 6) is -2.83. The van der Waals surface area contributed by atoms with E-state index >= 15 is 0 Å². The molecule has 0 radical (unpaired) electrons. The molecule has 12 heteroatoms. The van der Waals surface area contributed by atoms with E-state index in [1.807, 2.05) is 0 Å². The number of esters is 4. The van der Waals surface area contributed by atoms with Gasteiger partial charge in [-0.05, 0) is 30.5 Å². The molecule has 0 aromatic heterocycles. The van der Waals surface area contributed by atoms with Crippen LogP contribution in [-0.4, -0.2) is 48.3 Å². The minimum absolute atomic E-state index is 0.00926. The summed E-state index contributed by atoms with van der Waals surface area (Å²) in [7, 11) is 0. The molecule has 0 aliphatic heterocycles. The zero-order valence-corrected chi connectivity index (χ0v) is 17.3. The Kier molecular flexibility index (Phi) is 10.4. The van der Waals surface area contributed by atoms with Crippen molar-refractivity contribution >= 4 is 23.9 Å². The third kappa shape index (κ3) is 10.6. The summed E-state index contributed by atoms with van der Waals surface area (Å²) in [5.41, 5.74) is 0.440. The molecule has 1 aromatic rings. The fourth-order valence-corrected chi connectivity index (χ4v) is 2.35. The number of unbranched alkanes of at least 4 members (excludes halogenated alkanes) is 1. The summed E-state index contributed by atoms with van der Waals surface area (Å²) >= 11 is 0. The normalized spacial score (nSPS) is 11.1. The molecule has 1 aromatic carbocycles. The van der Waals surface area contributed by atoms with Crippen LogP contribution in [0.15, 0.2) is 18.2 Å². The molecule has 0 fully saturated rings. The number of benzene rings is 1. The smallest absolute Gasteiger partial charge is 0.347 e. The first-order chi connectivity index (χ1) is 14.6. The quantitative estimate of drug-likeness (QED) is 0.152. The molecular formula is C19H23NO11. The third-order valence-electron chi connectivity index (χ3n) is 3.49. The van der Waals surface area contributed by atoms with Crippen molar-refractivity contribution in [2.45, 2.75) is 46.1 Å². The van der Waals surface area contributed by atoms with E-state index in [0.29, 0.717) is 12.0 Å². The molecule has 1 rings (SSSR count). The molecule has 0 aliphatic carbocycles. The Hall–Kier alpha value is -3.70. The molecule has 1 unspecified atom stereocenters. The highest BCUT2D eigenvalue weighted by atomic mass is 16.9. The second kappa shape index (κ2) is 12.8. The van der Waals surface area contributed by atoms with E-state index in [9.17, 15) is 29.3 Å². The number of hydrogen-bond donors (Lipinski definition) is 0. The number of rotatable bonds is 12. The zero-order chi connectivity index (χ0) is 23.4. The second-order valence-corrected chi connectivity index (χ2v) is 6.20. The van der Waals surface area contributed by atoms with Gasteiger partial charge in [0.05, 0.1) is 13.2 Å². The topological polar surface area (TPSA) is 158 Å². The summed E-state index contributed by atoms with van der Waals surface area (Å²) in [6.45, 7) is 3.29. The number of carbonyl (C=O) groups is 4. The molecule has 1 atom stereocenters. The van der Waals surface area contributed by atoms with Crippen molar-refractivity contribution in [2.75, 3.05) is 13.2 Å². The second-order valence-electron chi connectivity index (χ2n) is 6.20. The number of hydrogen-bond acceptors (Lipinski definition) is 11. The third-order valence-corrected chi connectivity index (χ3v) is 3.49. The molecule has 0 aliphatic rings. The van der Waals surface area contributed by atoms with Crippen LogP contribution in [0.2, 0.25) is 0 Å². The lowest BCUT2D eigenvalue weighted by Gasteiger charge is -2.17. The van der Waals surface area contributed by atoms with Gasteiger partial charge in [-0.2, -0.15) is 0 Å². The Bertz CT molecular complexity index is 821. The molecule has 0 spiro atoms. The van der Waals surface area contributed by atoms with Crippen LogP contribution in [0.25, 0.3) is 0 Å². The van der Waals surface area contributed by atoms with Crippen molar-refractivity contribution in [3.8, 4) is 11.5 Å². The molecule has 0 amide bonds. The van der Waals surface area contributed by atoms with Gasteiger partial charge < -0.3 is 23.8 Å². The number of ether oxygens (including phenoxy) is 4. The fourth-order valence-electron chi connectivity index (χ4n) is 2.35. The van der Waals surface area contributed by atoms with Gasteiger partial charge in [-0.1, -0.05) is 6.07 Å². The first-order valence-electron chi connectivity index (χ1n) is 9.19. The first-order valence-corrected chi connectivity index (χ1v) is 9.19. The van der Waals surface area contributed by atoms with E-state index in [1.54, 1.807) is 0 Å². The first kappa shape index (κ1) is 25.3. The van der Waals surface area contributed by atoms with Gasteiger partial charge >= 0.3 is 23.9 Å². The maximum atomic E-state index is 12.3. The molecule has 31 heavy (non-hydrogen) atoms. The summed E-state index contributed by atoms with van der Waals surface area (Å²) in [6, 6.07) is 4.25. The van der Waals surface area contributed by atoms with Crippen LogP contribution < -0.4 is 9.47 Å². The van der Waals surface area contributed by atoms with Crippen molar-refractivity contribution in [2.24, 2.45) is 0 Å². The van der Waals surface area contributed by atoms with Crippen LogP contribution >= 0.6 is 0 Å². The van der Waals surface area contributed by atoms with E-state index in [-0.39, 0.29) is 37.6 Å². The van der Waals surface area contributed by atoms with Crippen LogP contribution in [0.5, 0.6) is 11.5 Å². The van der Waals surface area contributed by atoms with Gasteiger partial charge in [0.15, 0.2) is 11.5 Å². The van der Waals surface area contributed by atoms with Crippen molar-refractivity contribution in [1.29, 1.82) is 0 Å². The Morgan fingerprint density at radius 1 is 0.935 bits per heavy atom. The van der Waals surface area contributed by atoms with Gasteiger partial charge in [-0.3, -0.25) is 14.4 Å². The molecule has 0 bridgehead atoms. The Morgan fingerprint density at radius 2 is 1.55 bits per heavy atom. The lowest BCUT2D eigenvalue weighted by atomic mass is 10.1. The van der Waals surface area contributed by atoms with Crippen LogP contribution in [0.4, 0.5) is 0 Å². The van der Waals surface area contributed by atoms with Crippen LogP contribution in [0.3, 0.4) is 0 Å². The zero-order valence-electron chi connectivity index (χ0n) is 17.3. The Labute approximate surface area is 177 Å². The maximum Gasteiger partial charge on any atom is 0.347 e. The van der Waals surface area contributed by atoms with Crippen LogP contribution in [0, 0.1) is 10.1 Å². The van der Waals surface area contributed by atoms with Crippen LogP contribution in [0.1, 0.15) is 39.2 Å². The minimum atomic E-state index is -1.28. The lowest BCUT2D eigenvalue weighted by Crippen LogP contribution is -2.31. The Balaban J connectivity index is 2.82. The van der Waals surface area contributed by atoms with Gasteiger partial charge in [0.25, 0.3) is 5.09 Å². The molecule has 0 N–H and O–H groups in total. The SMILES string of the molecule is CC(=O)Oc1ccc(CC(OC(C)=O)C(=O)OCCCCO[N+](=O)[O-])cc1OC(C)=O. The van der Waals surface area contributed by atoms with Crippen molar-refractivity contribution < 1.29 is 48.0 Å². The van der Waals surface area contributed by atoms with Crippen molar-refractivity contribution in [3.63, 3.8) is 0 Å². The van der Waals surface area contributed by atoms with Crippen LogP contribution in [-0.2, 0) is 39.9 Å². The monoisotopic (exact) mass is 441 g/mol. The van der Waals surface area contributed by atoms with E-state index in [4.69, 9.17) is 18.9 Å². The van der Waals surface area contributed by atoms with Gasteiger partial charge in [0.2, 0.25) is 6.10 Å². The molecule has 170 valence electrons. The standard InChI is InChI=1S/C19H23NO11/c1-12(21)29-16-7-6-15(10-17(16)30-13(2)22)11-18(31-14(3)23)19(24)27-8-4-5-9-28-20(25)26/h6-7,10,18H,4-5,8-9,11H2,1-3H3. The molecule has 0 heterocycles. The predicted octanol–water partition coefficient (Wildman–Crippen LogP) is 1.54. The molecule has 0 saturated carbocycles. The molecular weight excluding hydrogens is 418 g/mol. The highest BCUT2D eigenvalue weighted by Gasteiger charge is 2.25. The van der Waals surface area contributed by atoms with Gasteiger partial charge in [0.1, 0.15) is 0 Å².